The Hall–Kier alpha value is -1.14. The summed E-state index contributed by atoms with van der Waals surface area (Å²) in [5.41, 5.74) is -1.11. The van der Waals surface area contributed by atoms with Crippen molar-refractivity contribution in [3.8, 4) is 0 Å². The van der Waals surface area contributed by atoms with E-state index in [9.17, 15) is 14.7 Å². The molecule has 0 fully saturated rings. The van der Waals surface area contributed by atoms with Crippen LogP contribution in [0.1, 0.15) is 26.7 Å². The fraction of sp³-hybridized carbons (Fsp3) is 0.538. The van der Waals surface area contributed by atoms with Gasteiger partial charge >= 0.3 is 0 Å². The molecule has 0 saturated carbocycles. The van der Waals surface area contributed by atoms with E-state index in [-0.39, 0.29) is 24.6 Å². The van der Waals surface area contributed by atoms with Crippen LogP contribution in [0.3, 0.4) is 0 Å². The number of halogens is 1. The van der Waals surface area contributed by atoms with E-state index >= 15 is 0 Å². The molecule has 1 aromatic rings. The summed E-state index contributed by atoms with van der Waals surface area (Å²) in [6.45, 7) is 3.88. The summed E-state index contributed by atoms with van der Waals surface area (Å²) in [5.74, 6) is -0.291. The lowest BCUT2D eigenvalue weighted by atomic mass is 9.98. The van der Waals surface area contributed by atoms with Crippen LogP contribution in [0.4, 0.5) is 0 Å². The van der Waals surface area contributed by atoms with E-state index in [1.807, 2.05) is 13.8 Å². The topological polar surface area (TPSA) is 71.3 Å². The number of pyridine rings is 1. The minimum absolute atomic E-state index is 0.0538. The third kappa shape index (κ3) is 4.80. The highest BCUT2D eigenvalue weighted by Gasteiger charge is 2.22. The first kappa shape index (κ1) is 15.9. The van der Waals surface area contributed by atoms with Crippen molar-refractivity contribution in [3.05, 3.63) is 33.2 Å². The van der Waals surface area contributed by atoms with E-state index in [0.717, 1.165) is 4.47 Å². The molecule has 0 aliphatic rings. The quantitative estimate of drug-likeness (QED) is 0.825. The second-order valence-corrected chi connectivity index (χ2v) is 5.44. The average molecular weight is 331 g/mol. The zero-order valence-electron chi connectivity index (χ0n) is 11.1. The molecule has 0 saturated heterocycles. The van der Waals surface area contributed by atoms with Gasteiger partial charge in [-0.1, -0.05) is 13.8 Å². The Balaban J connectivity index is 2.61. The first-order valence-corrected chi connectivity index (χ1v) is 7.04. The molecule has 5 nitrogen and oxygen atoms in total. The zero-order valence-corrected chi connectivity index (χ0v) is 12.7. The van der Waals surface area contributed by atoms with Gasteiger partial charge in [0.1, 0.15) is 6.54 Å². The number of rotatable bonds is 6. The Labute approximate surface area is 120 Å². The lowest BCUT2D eigenvalue weighted by Crippen LogP contribution is -2.43. The second-order valence-electron chi connectivity index (χ2n) is 4.52. The Kier molecular flexibility index (Phi) is 5.75. The number of amides is 1. The number of nitrogens with one attached hydrogen (secondary N) is 1. The van der Waals surface area contributed by atoms with E-state index in [1.165, 1.54) is 10.6 Å². The molecule has 19 heavy (non-hydrogen) atoms. The number of nitrogens with zero attached hydrogens (tertiary/aromatic N) is 1. The molecule has 1 aromatic heterocycles. The Morgan fingerprint density at radius 2 is 2.05 bits per heavy atom. The molecule has 0 bridgehead atoms. The van der Waals surface area contributed by atoms with Crippen LogP contribution in [0, 0.1) is 0 Å². The van der Waals surface area contributed by atoms with Gasteiger partial charge in [0.15, 0.2) is 0 Å². The molecule has 0 spiro atoms. The van der Waals surface area contributed by atoms with Gasteiger partial charge in [-0.2, -0.15) is 0 Å². The number of carbonyl (C=O) groups excluding carboxylic acids is 1. The summed E-state index contributed by atoms with van der Waals surface area (Å²) in [6.07, 6.45) is 2.70. The molecule has 0 atom stereocenters. The highest BCUT2D eigenvalue weighted by molar-refractivity contribution is 9.10. The third-order valence-corrected chi connectivity index (χ3v) is 3.66. The Bertz CT molecular complexity index is 495. The lowest BCUT2D eigenvalue weighted by Gasteiger charge is -2.25. The average Bonchev–Trinajstić information content (AvgIpc) is 2.40. The molecular formula is C13H19BrN2O3. The van der Waals surface area contributed by atoms with Gasteiger partial charge in [-0.25, -0.2) is 0 Å². The van der Waals surface area contributed by atoms with Crippen molar-refractivity contribution in [2.75, 3.05) is 6.54 Å². The fourth-order valence-corrected chi connectivity index (χ4v) is 1.98. The Morgan fingerprint density at radius 1 is 1.42 bits per heavy atom. The predicted molar refractivity (Wildman–Crippen MR) is 76.9 cm³/mol. The van der Waals surface area contributed by atoms with E-state index < -0.39 is 5.60 Å². The zero-order chi connectivity index (χ0) is 14.5. The molecule has 1 heterocycles. The summed E-state index contributed by atoms with van der Waals surface area (Å²) < 4.78 is 2.05. The molecule has 1 rings (SSSR count). The van der Waals surface area contributed by atoms with Crippen molar-refractivity contribution in [1.29, 1.82) is 0 Å². The van der Waals surface area contributed by atoms with Crippen molar-refractivity contribution >= 4 is 21.8 Å². The van der Waals surface area contributed by atoms with E-state index in [1.54, 1.807) is 12.3 Å². The standard InChI is InChI=1S/C13H19BrN2O3/c1-3-13(19,4-2)9-15-11(17)8-16-7-10(14)5-6-12(16)18/h5-7,19H,3-4,8-9H2,1-2H3,(H,15,17). The van der Waals surface area contributed by atoms with Gasteiger partial charge in [-0.05, 0) is 34.8 Å². The van der Waals surface area contributed by atoms with E-state index in [2.05, 4.69) is 21.2 Å². The van der Waals surface area contributed by atoms with Crippen LogP contribution < -0.4 is 10.9 Å². The van der Waals surface area contributed by atoms with Crippen LogP contribution in [0.15, 0.2) is 27.6 Å². The van der Waals surface area contributed by atoms with Crippen molar-refractivity contribution in [3.63, 3.8) is 0 Å². The van der Waals surface area contributed by atoms with Gasteiger partial charge in [-0.3, -0.25) is 9.59 Å². The summed E-state index contributed by atoms with van der Waals surface area (Å²) in [5, 5.41) is 12.7. The maximum absolute atomic E-state index is 11.8. The van der Waals surface area contributed by atoms with Crippen molar-refractivity contribution in [2.24, 2.45) is 0 Å². The molecule has 2 N–H and O–H groups in total. The normalized spacial score (nSPS) is 11.4. The number of aromatic nitrogens is 1. The van der Waals surface area contributed by atoms with Crippen molar-refractivity contribution in [1.82, 2.24) is 9.88 Å². The third-order valence-electron chi connectivity index (χ3n) is 3.19. The molecule has 0 aliphatic heterocycles. The first-order valence-electron chi connectivity index (χ1n) is 6.25. The van der Waals surface area contributed by atoms with Crippen LogP contribution in [-0.4, -0.2) is 27.7 Å². The van der Waals surface area contributed by atoms with Crippen molar-refractivity contribution < 1.29 is 9.90 Å². The van der Waals surface area contributed by atoms with Gasteiger partial charge in [-0.15, -0.1) is 0 Å². The Morgan fingerprint density at radius 3 is 2.63 bits per heavy atom. The molecule has 0 aliphatic carbocycles. The lowest BCUT2D eigenvalue weighted by molar-refractivity contribution is -0.123. The largest absolute Gasteiger partial charge is 0.388 e. The van der Waals surface area contributed by atoms with Crippen LogP contribution in [0.5, 0.6) is 0 Å². The van der Waals surface area contributed by atoms with E-state index in [4.69, 9.17) is 0 Å². The SMILES string of the molecule is CCC(O)(CC)CNC(=O)Cn1cc(Br)ccc1=O. The number of aliphatic hydroxyl groups is 1. The summed E-state index contributed by atoms with van der Waals surface area (Å²) in [4.78, 5) is 23.3. The first-order chi connectivity index (χ1) is 8.90. The maximum atomic E-state index is 11.8. The van der Waals surface area contributed by atoms with Crippen molar-refractivity contribution in [2.45, 2.75) is 38.8 Å². The fourth-order valence-electron chi connectivity index (χ4n) is 1.60. The molecule has 0 aromatic carbocycles. The van der Waals surface area contributed by atoms with Gasteiger partial charge in [0.2, 0.25) is 5.91 Å². The van der Waals surface area contributed by atoms with Gasteiger partial charge in [0, 0.05) is 23.3 Å². The van der Waals surface area contributed by atoms with Crippen LogP contribution in [0.2, 0.25) is 0 Å². The minimum atomic E-state index is -0.877. The molecular weight excluding hydrogens is 312 g/mol. The molecule has 6 heteroatoms. The van der Waals surface area contributed by atoms with Crippen LogP contribution >= 0.6 is 15.9 Å². The molecule has 0 unspecified atom stereocenters. The van der Waals surface area contributed by atoms with Gasteiger partial charge in [0.05, 0.1) is 5.60 Å². The van der Waals surface area contributed by atoms with Gasteiger partial charge in [0.25, 0.3) is 5.56 Å². The monoisotopic (exact) mass is 330 g/mol. The van der Waals surface area contributed by atoms with Gasteiger partial charge < -0.3 is 15.0 Å². The summed E-state index contributed by atoms with van der Waals surface area (Å²) in [7, 11) is 0. The summed E-state index contributed by atoms with van der Waals surface area (Å²) in [6, 6.07) is 3.02. The maximum Gasteiger partial charge on any atom is 0.251 e. The summed E-state index contributed by atoms with van der Waals surface area (Å²) >= 11 is 3.25. The number of hydrogen-bond donors (Lipinski definition) is 2. The molecule has 0 radical (unpaired) electrons. The minimum Gasteiger partial charge on any atom is -0.388 e. The predicted octanol–water partition coefficient (Wildman–Crippen LogP) is 1.28. The smallest absolute Gasteiger partial charge is 0.251 e. The van der Waals surface area contributed by atoms with Crippen LogP contribution in [-0.2, 0) is 11.3 Å². The second kappa shape index (κ2) is 6.86. The number of carbonyl (C=O) groups is 1. The number of hydrogen-bond acceptors (Lipinski definition) is 3. The highest BCUT2D eigenvalue weighted by Crippen LogP contribution is 2.12. The van der Waals surface area contributed by atoms with Crippen LogP contribution in [0.25, 0.3) is 0 Å². The van der Waals surface area contributed by atoms with E-state index in [0.29, 0.717) is 12.8 Å². The molecule has 106 valence electrons. The molecule has 1 amide bonds. The highest BCUT2D eigenvalue weighted by atomic mass is 79.9.